The van der Waals surface area contributed by atoms with E-state index in [2.05, 4.69) is 10.6 Å². The molecule has 0 saturated heterocycles. The average molecular weight is 326 g/mol. The first-order chi connectivity index (χ1) is 11.3. The summed E-state index contributed by atoms with van der Waals surface area (Å²) in [6, 6.07) is 11.5. The highest BCUT2D eigenvalue weighted by Gasteiger charge is 2.10. The second-order valence-corrected chi connectivity index (χ2v) is 5.44. The van der Waals surface area contributed by atoms with E-state index >= 15 is 0 Å². The lowest BCUT2D eigenvalue weighted by atomic mass is 10.1. The molecule has 0 aliphatic rings. The highest BCUT2D eigenvalue weighted by molar-refractivity contribution is 5.95. The van der Waals surface area contributed by atoms with E-state index in [9.17, 15) is 14.4 Å². The molecule has 3 N–H and O–H groups in total. The van der Waals surface area contributed by atoms with Crippen molar-refractivity contribution in [3.05, 3.63) is 59.2 Å². The van der Waals surface area contributed by atoms with Crippen LogP contribution in [0.25, 0.3) is 0 Å². The van der Waals surface area contributed by atoms with Crippen LogP contribution in [0.2, 0.25) is 0 Å². The van der Waals surface area contributed by atoms with Crippen molar-refractivity contribution in [1.29, 1.82) is 0 Å². The van der Waals surface area contributed by atoms with Crippen molar-refractivity contribution in [2.75, 3.05) is 10.6 Å². The third-order valence-electron chi connectivity index (χ3n) is 3.40. The van der Waals surface area contributed by atoms with Gasteiger partial charge in [-0.1, -0.05) is 18.2 Å². The molecule has 0 heterocycles. The lowest BCUT2D eigenvalue weighted by Crippen LogP contribution is -2.15. The Balaban J connectivity index is 2.04. The van der Waals surface area contributed by atoms with Crippen LogP contribution in [0.15, 0.2) is 42.5 Å². The molecule has 0 saturated carbocycles. The smallest absolute Gasteiger partial charge is 0.335 e. The van der Waals surface area contributed by atoms with Gasteiger partial charge in [0.15, 0.2) is 0 Å². The maximum absolute atomic E-state index is 12.1. The molecule has 124 valence electrons. The largest absolute Gasteiger partial charge is 0.478 e. The summed E-state index contributed by atoms with van der Waals surface area (Å²) in [6.07, 6.45) is 0.150. The Morgan fingerprint density at radius 1 is 1.00 bits per heavy atom. The van der Waals surface area contributed by atoms with Crippen molar-refractivity contribution in [2.24, 2.45) is 0 Å². The second-order valence-electron chi connectivity index (χ2n) is 5.44. The number of rotatable bonds is 5. The number of nitrogens with one attached hydrogen (secondary N) is 2. The molecule has 2 rings (SSSR count). The fourth-order valence-electron chi connectivity index (χ4n) is 2.18. The second kappa shape index (κ2) is 7.41. The Morgan fingerprint density at radius 3 is 2.25 bits per heavy atom. The number of hydrogen-bond acceptors (Lipinski definition) is 3. The molecule has 0 aliphatic heterocycles. The standard InChI is InChI=1S/C18H18N2O4/c1-11-3-6-14(18(23)24)10-16(11)20-17(22)9-13-4-7-15(8-5-13)19-12(2)21/h3-8,10H,9H2,1-2H3,(H,19,21)(H,20,22)(H,23,24). The number of anilines is 2. The molecule has 2 aromatic carbocycles. The predicted molar refractivity (Wildman–Crippen MR) is 91.2 cm³/mol. The topological polar surface area (TPSA) is 95.5 Å². The minimum atomic E-state index is -1.04. The van der Waals surface area contributed by atoms with Crippen molar-refractivity contribution in [3.63, 3.8) is 0 Å². The van der Waals surface area contributed by atoms with Crippen molar-refractivity contribution in [1.82, 2.24) is 0 Å². The molecule has 0 bridgehead atoms. The normalized spacial score (nSPS) is 10.1. The summed E-state index contributed by atoms with van der Waals surface area (Å²) in [6.45, 7) is 3.22. The predicted octanol–water partition coefficient (Wildman–Crippen LogP) is 2.83. The van der Waals surface area contributed by atoms with E-state index in [1.54, 1.807) is 37.3 Å². The molecule has 24 heavy (non-hydrogen) atoms. The summed E-state index contributed by atoms with van der Waals surface area (Å²) in [7, 11) is 0. The molecule has 0 aliphatic carbocycles. The summed E-state index contributed by atoms with van der Waals surface area (Å²) >= 11 is 0. The van der Waals surface area contributed by atoms with E-state index < -0.39 is 5.97 Å². The Hall–Kier alpha value is -3.15. The Morgan fingerprint density at radius 2 is 1.67 bits per heavy atom. The van der Waals surface area contributed by atoms with Gasteiger partial charge < -0.3 is 15.7 Å². The lowest BCUT2D eigenvalue weighted by molar-refractivity contribution is -0.116. The van der Waals surface area contributed by atoms with Gasteiger partial charge in [-0.05, 0) is 42.3 Å². The van der Waals surface area contributed by atoms with Gasteiger partial charge in [-0.2, -0.15) is 0 Å². The van der Waals surface area contributed by atoms with Gasteiger partial charge in [0.25, 0.3) is 0 Å². The van der Waals surface area contributed by atoms with E-state index in [1.807, 2.05) is 0 Å². The number of carboxylic acid groups (broad SMARTS) is 1. The number of carboxylic acids is 1. The molecule has 0 radical (unpaired) electrons. The van der Waals surface area contributed by atoms with E-state index in [0.717, 1.165) is 11.1 Å². The molecule has 6 heteroatoms. The van der Waals surface area contributed by atoms with E-state index in [-0.39, 0.29) is 23.8 Å². The SMILES string of the molecule is CC(=O)Nc1ccc(CC(=O)Nc2cc(C(=O)O)ccc2C)cc1. The molecule has 2 aromatic rings. The third-order valence-corrected chi connectivity index (χ3v) is 3.40. The minimum Gasteiger partial charge on any atom is -0.478 e. The number of aromatic carboxylic acids is 1. The molecule has 0 unspecified atom stereocenters. The van der Waals surface area contributed by atoms with Crippen molar-refractivity contribution in [2.45, 2.75) is 20.3 Å². The summed E-state index contributed by atoms with van der Waals surface area (Å²) in [5, 5.41) is 14.4. The number of amides is 2. The quantitative estimate of drug-likeness (QED) is 0.787. The number of carbonyl (C=O) groups excluding carboxylic acids is 2. The molecule has 0 fully saturated rings. The summed E-state index contributed by atoms with van der Waals surface area (Å²) < 4.78 is 0. The first-order valence-corrected chi connectivity index (χ1v) is 7.35. The first-order valence-electron chi connectivity index (χ1n) is 7.35. The van der Waals surface area contributed by atoms with Crippen molar-refractivity contribution >= 4 is 29.2 Å². The van der Waals surface area contributed by atoms with Gasteiger partial charge in [0.05, 0.1) is 12.0 Å². The molecule has 0 atom stereocenters. The zero-order valence-corrected chi connectivity index (χ0v) is 13.4. The number of hydrogen-bond donors (Lipinski definition) is 3. The van der Waals surface area contributed by atoms with Crippen LogP contribution in [0.1, 0.15) is 28.4 Å². The maximum atomic E-state index is 12.1. The summed E-state index contributed by atoms with van der Waals surface area (Å²) in [5.74, 6) is -1.44. The van der Waals surface area contributed by atoms with Crippen LogP contribution in [0, 0.1) is 6.92 Å². The summed E-state index contributed by atoms with van der Waals surface area (Å²) in [4.78, 5) is 34.1. The van der Waals surface area contributed by atoms with Crippen molar-refractivity contribution < 1.29 is 19.5 Å². The third kappa shape index (κ3) is 4.67. The van der Waals surface area contributed by atoms with Crippen LogP contribution in [-0.2, 0) is 16.0 Å². The molecular formula is C18H18N2O4. The fraction of sp³-hybridized carbons (Fsp3) is 0.167. The van der Waals surface area contributed by atoms with Gasteiger partial charge in [0.1, 0.15) is 0 Å². The number of carbonyl (C=O) groups is 3. The zero-order valence-electron chi connectivity index (χ0n) is 13.4. The maximum Gasteiger partial charge on any atom is 0.335 e. The van der Waals surface area contributed by atoms with E-state index in [1.165, 1.54) is 19.1 Å². The highest BCUT2D eigenvalue weighted by atomic mass is 16.4. The Kier molecular flexibility index (Phi) is 5.31. The van der Waals surface area contributed by atoms with Crippen molar-refractivity contribution in [3.8, 4) is 0 Å². The molecular weight excluding hydrogens is 308 g/mol. The number of benzene rings is 2. The van der Waals surface area contributed by atoms with Crippen LogP contribution < -0.4 is 10.6 Å². The van der Waals surface area contributed by atoms with Gasteiger partial charge in [0, 0.05) is 18.3 Å². The van der Waals surface area contributed by atoms with Gasteiger partial charge in [0.2, 0.25) is 11.8 Å². The van der Waals surface area contributed by atoms with Crippen LogP contribution >= 0.6 is 0 Å². The fourth-order valence-corrected chi connectivity index (χ4v) is 2.18. The van der Waals surface area contributed by atoms with Gasteiger partial charge in [-0.3, -0.25) is 9.59 Å². The molecule has 2 amide bonds. The monoisotopic (exact) mass is 326 g/mol. The van der Waals surface area contributed by atoms with Gasteiger partial charge >= 0.3 is 5.97 Å². The van der Waals surface area contributed by atoms with E-state index in [4.69, 9.17) is 5.11 Å². The van der Waals surface area contributed by atoms with Gasteiger partial charge in [-0.25, -0.2) is 4.79 Å². The van der Waals surface area contributed by atoms with Crippen LogP contribution in [0.5, 0.6) is 0 Å². The van der Waals surface area contributed by atoms with E-state index in [0.29, 0.717) is 11.4 Å². The first kappa shape index (κ1) is 17.2. The number of aryl methyl sites for hydroxylation is 1. The Labute approximate surface area is 139 Å². The Bertz CT molecular complexity index is 782. The average Bonchev–Trinajstić information content (AvgIpc) is 2.50. The summed E-state index contributed by atoms with van der Waals surface area (Å²) in [5.41, 5.74) is 2.84. The molecule has 0 aromatic heterocycles. The van der Waals surface area contributed by atoms with Crippen LogP contribution in [0.4, 0.5) is 11.4 Å². The van der Waals surface area contributed by atoms with Gasteiger partial charge in [-0.15, -0.1) is 0 Å². The highest BCUT2D eigenvalue weighted by Crippen LogP contribution is 2.18. The van der Waals surface area contributed by atoms with Crippen LogP contribution in [0.3, 0.4) is 0 Å². The zero-order chi connectivity index (χ0) is 17.7. The molecule has 0 spiro atoms. The lowest BCUT2D eigenvalue weighted by Gasteiger charge is -2.10. The molecule has 6 nitrogen and oxygen atoms in total. The van der Waals surface area contributed by atoms with Crippen LogP contribution in [-0.4, -0.2) is 22.9 Å². The minimum absolute atomic E-state index is 0.121.